The zero-order valence-electron chi connectivity index (χ0n) is 14.9. The van der Waals surface area contributed by atoms with Crippen LogP contribution in [0, 0.1) is 0 Å². The van der Waals surface area contributed by atoms with Gasteiger partial charge in [0.25, 0.3) is 0 Å². The smallest absolute Gasteiger partial charge is 0.240 e. The van der Waals surface area contributed by atoms with Gasteiger partial charge in [-0.15, -0.1) is 15.3 Å². The number of rotatable bonds is 5. The van der Waals surface area contributed by atoms with Gasteiger partial charge in [-0.25, -0.2) is 4.98 Å². The Balaban J connectivity index is 1.61. The molecule has 4 aromatic rings. The molecule has 0 saturated heterocycles. The number of aromatic hydroxyl groups is 1. The highest BCUT2D eigenvalue weighted by atomic mass is 16.5. The summed E-state index contributed by atoms with van der Waals surface area (Å²) >= 11 is 0. The third-order valence-corrected chi connectivity index (χ3v) is 4.51. The summed E-state index contributed by atoms with van der Waals surface area (Å²) in [5.41, 5.74) is 2.90. The molecule has 0 radical (unpaired) electrons. The third kappa shape index (κ3) is 2.60. The number of phenols is 1. The van der Waals surface area contributed by atoms with Crippen LogP contribution in [0.15, 0.2) is 54.9 Å². The van der Waals surface area contributed by atoms with E-state index < -0.39 is 0 Å². The molecule has 3 aromatic heterocycles. The molecule has 3 heterocycles. The van der Waals surface area contributed by atoms with Crippen molar-refractivity contribution in [3.63, 3.8) is 0 Å². The first kappa shape index (κ1) is 16.2. The lowest BCUT2D eigenvalue weighted by Crippen LogP contribution is -2.09. The van der Waals surface area contributed by atoms with Crippen LogP contribution in [0.4, 0.5) is 0 Å². The van der Waals surface area contributed by atoms with Gasteiger partial charge in [0.05, 0.1) is 5.56 Å². The van der Waals surface area contributed by atoms with Crippen molar-refractivity contribution in [1.29, 1.82) is 0 Å². The normalized spacial score (nSPS) is 12.8. The summed E-state index contributed by atoms with van der Waals surface area (Å²) in [5.74, 6) is 1.63. The highest BCUT2D eigenvalue weighted by Gasteiger charge is 2.19. The Morgan fingerprint density at radius 3 is 2.71 bits per heavy atom. The fraction of sp³-hybridized carbons (Fsp3) is 0.105. The van der Waals surface area contributed by atoms with Crippen LogP contribution in [0.1, 0.15) is 11.4 Å². The lowest BCUT2D eigenvalue weighted by molar-refractivity contribution is 0.273. The fourth-order valence-corrected chi connectivity index (χ4v) is 2.92. The molecule has 0 aliphatic heterocycles. The van der Waals surface area contributed by atoms with Crippen molar-refractivity contribution in [2.24, 2.45) is 7.05 Å². The monoisotopic (exact) mass is 373 g/mol. The van der Waals surface area contributed by atoms with Gasteiger partial charge in [0.15, 0.2) is 17.3 Å². The van der Waals surface area contributed by atoms with Gasteiger partial charge in [-0.05, 0) is 23.8 Å². The van der Waals surface area contributed by atoms with Crippen molar-refractivity contribution in [2.75, 3.05) is 0 Å². The molecule has 0 atom stereocenters. The number of hydrogen-bond donors (Lipinski definition) is 1. The number of para-hydroxylation sites is 1. The number of fused-ring (bicyclic) bond motifs is 1. The Morgan fingerprint density at radius 1 is 1.14 bits per heavy atom. The SMILES string of the molecule is Cn1ncnc1COc1nn2c(-c3ccccc3O)nnc2cc1C1=CC=C1. The second kappa shape index (κ2) is 6.31. The first-order valence-electron chi connectivity index (χ1n) is 8.60. The molecule has 0 saturated carbocycles. The first-order valence-corrected chi connectivity index (χ1v) is 8.60. The standard InChI is InChI=1S/C19H15N7O2/c1-25-17(20-11-21-25)10-28-19-14(12-5-4-6-12)9-16-22-23-18(26(16)24-19)13-7-2-3-8-15(13)27/h2-9,11,27H,10H2,1H3. The van der Waals surface area contributed by atoms with E-state index in [0.717, 1.165) is 11.1 Å². The summed E-state index contributed by atoms with van der Waals surface area (Å²) in [5, 5.41) is 27.3. The first-order chi connectivity index (χ1) is 13.7. The van der Waals surface area contributed by atoms with Gasteiger partial charge in [0.1, 0.15) is 18.7 Å². The molecule has 9 heteroatoms. The quantitative estimate of drug-likeness (QED) is 0.572. The molecular weight excluding hydrogens is 358 g/mol. The molecule has 0 bridgehead atoms. The van der Waals surface area contributed by atoms with Gasteiger partial charge >= 0.3 is 0 Å². The van der Waals surface area contributed by atoms with Crippen molar-refractivity contribution < 1.29 is 9.84 Å². The Kier molecular flexibility index (Phi) is 3.64. The molecular formula is C19H15N7O2. The molecule has 138 valence electrons. The van der Waals surface area contributed by atoms with E-state index in [-0.39, 0.29) is 12.4 Å². The minimum Gasteiger partial charge on any atom is -0.507 e. The van der Waals surface area contributed by atoms with Crippen molar-refractivity contribution in [3.05, 3.63) is 66.3 Å². The van der Waals surface area contributed by atoms with Gasteiger partial charge in [-0.2, -0.15) is 9.61 Å². The van der Waals surface area contributed by atoms with Crippen LogP contribution in [-0.4, -0.2) is 39.7 Å². The number of aromatic nitrogens is 7. The topological polar surface area (TPSA) is 103 Å². The van der Waals surface area contributed by atoms with Crippen LogP contribution < -0.4 is 4.74 Å². The summed E-state index contributed by atoms with van der Waals surface area (Å²) in [4.78, 5) is 4.17. The molecule has 0 fully saturated rings. The average Bonchev–Trinajstić information content (AvgIpc) is 3.24. The van der Waals surface area contributed by atoms with Crippen LogP contribution in [0.5, 0.6) is 11.6 Å². The van der Waals surface area contributed by atoms with Crippen molar-refractivity contribution in [1.82, 2.24) is 34.6 Å². The number of hydrogen-bond acceptors (Lipinski definition) is 7. The van der Waals surface area contributed by atoms with E-state index in [9.17, 15) is 5.11 Å². The molecule has 5 rings (SSSR count). The van der Waals surface area contributed by atoms with E-state index >= 15 is 0 Å². The Hall–Kier alpha value is -4.01. The predicted molar refractivity (Wildman–Crippen MR) is 100 cm³/mol. The molecule has 28 heavy (non-hydrogen) atoms. The minimum absolute atomic E-state index is 0.105. The Bertz CT molecular complexity index is 1250. The lowest BCUT2D eigenvalue weighted by Gasteiger charge is -2.14. The van der Waals surface area contributed by atoms with Crippen molar-refractivity contribution in [3.8, 4) is 23.0 Å². The number of benzene rings is 1. The maximum atomic E-state index is 10.2. The second-order valence-electron chi connectivity index (χ2n) is 6.24. The second-order valence-corrected chi connectivity index (χ2v) is 6.24. The van der Waals surface area contributed by atoms with Crippen molar-refractivity contribution in [2.45, 2.75) is 6.61 Å². The number of aryl methyl sites for hydroxylation is 1. The Labute approximate surface area is 159 Å². The number of phenolic OH excluding ortho intramolecular Hbond substituents is 1. The van der Waals surface area contributed by atoms with Crippen molar-refractivity contribution >= 4 is 11.2 Å². The van der Waals surface area contributed by atoms with Gasteiger partial charge < -0.3 is 9.84 Å². The van der Waals surface area contributed by atoms with E-state index in [0.29, 0.717) is 28.7 Å². The molecule has 0 spiro atoms. The zero-order valence-corrected chi connectivity index (χ0v) is 14.9. The van der Waals surface area contributed by atoms with Gasteiger partial charge in [0, 0.05) is 12.6 Å². The van der Waals surface area contributed by atoms with Crippen LogP contribution in [0.3, 0.4) is 0 Å². The largest absolute Gasteiger partial charge is 0.507 e. The molecule has 1 aromatic carbocycles. The van der Waals surface area contributed by atoms with Gasteiger partial charge in [-0.3, -0.25) is 4.68 Å². The molecule has 1 aliphatic carbocycles. The van der Waals surface area contributed by atoms with E-state index in [2.05, 4.69) is 25.4 Å². The summed E-state index contributed by atoms with van der Waals surface area (Å²) in [6, 6.07) is 8.79. The molecule has 0 amide bonds. The van der Waals surface area contributed by atoms with Crippen LogP contribution >= 0.6 is 0 Å². The summed E-state index contributed by atoms with van der Waals surface area (Å²) < 4.78 is 9.18. The van der Waals surface area contributed by atoms with E-state index in [1.165, 1.54) is 6.33 Å². The summed E-state index contributed by atoms with van der Waals surface area (Å²) in [6.45, 7) is 0.215. The molecule has 9 nitrogen and oxygen atoms in total. The average molecular weight is 373 g/mol. The minimum atomic E-state index is 0.105. The van der Waals surface area contributed by atoms with E-state index in [1.54, 1.807) is 34.4 Å². The molecule has 1 N–H and O–H groups in total. The fourth-order valence-electron chi connectivity index (χ4n) is 2.92. The predicted octanol–water partition coefficient (Wildman–Crippen LogP) is 2.16. The maximum absolute atomic E-state index is 10.2. The van der Waals surface area contributed by atoms with E-state index in [4.69, 9.17) is 4.74 Å². The molecule has 1 aliphatic rings. The molecule has 0 unspecified atom stereocenters. The summed E-state index contributed by atoms with van der Waals surface area (Å²) in [6.07, 6.45) is 7.37. The van der Waals surface area contributed by atoms with E-state index in [1.807, 2.05) is 30.4 Å². The lowest BCUT2D eigenvalue weighted by atomic mass is 10.0. The highest BCUT2D eigenvalue weighted by Crippen LogP contribution is 2.32. The zero-order chi connectivity index (χ0) is 19.1. The highest BCUT2D eigenvalue weighted by molar-refractivity contribution is 5.84. The van der Waals surface area contributed by atoms with Gasteiger partial charge in [0.2, 0.25) is 5.88 Å². The van der Waals surface area contributed by atoms with Crippen LogP contribution in [0.25, 0.3) is 22.6 Å². The number of nitrogens with zero attached hydrogens (tertiary/aromatic N) is 7. The Morgan fingerprint density at radius 2 is 2.00 bits per heavy atom. The van der Waals surface area contributed by atoms with Crippen LogP contribution in [0.2, 0.25) is 0 Å². The van der Waals surface area contributed by atoms with Crippen LogP contribution in [-0.2, 0) is 13.7 Å². The number of allylic oxidation sites excluding steroid dienone is 4. The summed E-state index contributed by atoms with van der Waals surface area (Å²) in [7, 11) is 1.80. The number of ether oxygens (including phenoxy) is 1. The van der Waals surface area contributed by atoms with Gasteiger partial charge in [-0.1, -0.05) is 30.4 Å². The maximum Gasteiger partial charge on any atom is 0.240 e. The third-order valence-electron chi connectivity index (χ3n) is 4.51.